The van der Waals surface area contributed by atoms with E-state index in [-0.39, 0.29) is 23.3 Å². The predicted molar refractivity (Wildman–Crippen MR) is 153 cm³/mol. The zero-order valence-electron chi connectivity index (χ0n) is 23.1. The molecule has 3 rings (SSSR count). The van der Waals surface area contributed by atoms with Gasteiger partial charge in [-0.1, -0.05) is 56.3 Å². The fourth-order valence-electron chi connectivity index (χ4n) is 4.00. The number of nitrogens with zero attached hydrogens (tertiary/aromatic N) is 2. The fourth-order valence-corrected chi connectivity index (χ4v) is 5.42. The summed E-state index contributed by atoms with van der Waals surface area (Å²) >= 11 is 0. The van der Waals surface area contributed by atoms with Gasteiger partial charge in [0.25, 0.3) is 10.0 Å². The molecule has 0 fully saturated rings. The van der Waals surface area contributed by atoms with Gasteiger partial charge in [-0.25, -0.2) is 8.42 Å². The molecule has 9 heteroatoms. The molecule has 1 N–H and O–H groups in total. The third-order valence-electron chi connectivity index (χ3n) is 6.42. The third-order valence-corrected chi connectivity index (χ3v) is 8.21. The molecule has 0 saturated heterocycles. The minimum atomic E-state index is -4.13. The van der Waals surface area contributed by atoms with Crippen molar-refractivity contribution in [2.75, 3.05) is 24.5 Å². The Kier molecular flexibility index (Phi) is 10.1. The molecule has 0 bridgehead atoms. The molecule has 0 unspecified atom stereocenters. The third kappa shape index (κ3) is 7.60. The monoisotopic (exact) mass is 551 g/mol. The van der Waals surface area contributed by atoms with Crippen LogP contribution < -0.4 is 14.4 Å². The number of carbonyl (C=O) groups excluding carboxylic acids is 2. The van der Waals surface area contributed by atoms with E-state index in [2.05, 4.69) is 5.32 Å². The summed E-state index contributed by atoms with van der Waals surface area (Å²) in [5.41, 5.74) is 2.18. The maximum Gasteiger partial charge on any atom is 0.264 e. The van der Waals surface area contributed by atoms with Gasteiger partial charge in [-0.3, -0.25) is 13.9 Å². The van der Waals surface area contributed by atoms with E-state index < -0.39 is 28.5 Å². The highest BCUT2D eigenvalue weighted by Gasteiger charge is 2.32. The lowest BCUT2D eigenvalue weighted by Crippen LogP contribution is -2.51. The van der Waals surface area contributed by atoms with Crippen molar-refractivity contribution < 1.29 is 22.7 Å². The van der Waals surface area contributed by atoms with Gasteiger partial charge in [0.1, 0.15) is 18.3 Å². The number of amides is 2. The number of nitrogens with one attached hydrogen (secondary N) is 1. The van der Waals surface area contributed by atoms with Gasteiger partial charge < -0.3 is 15.0 Å². The molecule has 3 aromatic rings. The molecule has 208 valence electrons. The number of aryl methyl sites for hydroxylation is 1. The van der Waals surface area contributed by atoms with Crippen LogP contribution in [0.5, 0.6) is 5.75 Å². The fraction of sp³-hybridized carbons (Fsp3) is 0.333. The molecule has 0 saturated carbocycles. The summed E-state index contributed by atoms with van der Waals surface area (Å²) in [7, 11) is -2.63. The van der Waals surface area contributed by atoms with Gasteiger partial charge in [0.15, 0.2) is 0 Å². The van der Waals surface area contributed by atoms with Gasteiger partial charge in [0.2, 0.25) is 11.8 Å². The van der Waals surface area contributed by atoms with E-state index in [1.165, 1.54) is 24.1 Å². The first-order valence-corrected chi connectivity index (χ1v) is 14.3. The maximum atomic E-state index is 13.9. The average Bonchev–Trinajstić information content (AvgIpc) is 2.94. The van der Waals surface area contributed by atoms with Crippen LogP contribution in [0.3, 0.4) is 0 Å². The normalized spacial score (nSPS) is 12.1. The predicted octanol–water partition coefficient (Wildman–Crippen LogP) is 4.39. The van der Waals surface area contributed by atoms with E-state index in [4.69, 9.17) is 4.74 Å². The smallest absolute Gasteiger partial charge is 0.264 e. The van der Waals surface area contributed by atoms with Crippen molar-refractivity contribution in [2.24, 2.45) is 5.92 Å². The van der Waals surface area contributed by atoms with E-state index in [1.807, 2.05) is 45.0 Å². The summed E-state index contributed by atoms with van der Waals surface area (Å²) in [4.78, 5) is 28.4. The first-order chi connectivity index (χ1) is 18.5. The highest BCUT2D eigenvalue weighted by atomic mass is 32.2. The minimum Gasteiger partial charge on any atom is -0.497 e. The summed E-state index contributed by atoms with van der Waals surface area (Å²) in [5, 5.41) is 2.89. The minimum absolute atomic E-state index is 0.0214. The summed E-state index contributed by atoms with van der Waals surface area (Å²) in [5.74, 6) is -0.0342. The summed E-state index contributed by atoms with van der Waals surface area (Å²) < 4.78 is 33.9. The number of sulfonamides is 1. The van der Waals surface area contributed by atoms with Crippen LogP contribution in [-0.4, -0.2) is 51.4 Å². The lowest BCUT2D eigenvalue weighted by molar-refractivity contribution is -0.139. The number of rotatable bonds is 12. The van der Waals surface area contributed by atoms with Crippen LogP contribution in [0.25, 0.3) is 0 Å². The Morgan fingerprint density at radius 3 is 2.10 bits per heavy atom. The van der Waals surface area contributed by atoms with Gasteiger partial charge >= 0.3 is 0 Å². The number of para-hydroxylation sites is 1. The highest BCUT2D eigenvalue weighted by molar-refractivity contribution is 7.92. The SMILES string of the molecule is COc1ccc(S(=O)(=O)N(CC(=O)N(Cc2ccccc2C)[C@H](C)C(=O)NCC(C)C)c2ccccc2)cc1. The number of carbonyl (C=O) groups is 2. The van der Waals surface area contributed by atoms with Crippen LogP contribution >= 0.6 is 0 Å². The molecule has 39 heavy (non-hydrogen) atoms. The Labute approximate surface area is 231 Å². The van der Waals surface area contributed by atoms with Crippen LogP contribution in [0.1, 0.15) is 31.9 Å². The molecule has 0 aliphatic carbocycles. The lowest BCUT2D eigenvalue weighted by atomic mass is 10.1. The second kappa shape index (κ2) is 13.3. The second-order valence-electron chi connectivity index (χ2n) is 9.79. The van der Waals surface area contributed by atoms with E-state index in [0.29, 0.717) is 18.0 Å². The largest absolute Gasteiger partial charge is 0.497 e. The Morgan fingerprint density at radius 1 is 0.897 bits per heavy atom. The van der Waals surface area contributed by atoms with Crippen LogP contribution in [0, 0.1) is 12.8 Å². The zero-order valence-corrected chi connectivity index (χ0v) is 23.9. The van der Waals surface area contributed by atoms with Crippen LogP contribution in [0.4, 0.5) is 5.69 Å². The van der Waals surface area contributed by atoms with Gasteiger partial charge in [-0.2, -0.15) is 0 Å². The molecule has 3 aromatic carbocycles. The molecule has 0 aromatic heterocycles. The number of anilines is 1. The molecule has 0 radical (unpaired) electrons. The Bertz CT molecular complexity index is 1360. The molecule has 0 heterocycles. The molecule has 1 atom stereocenters. The van der Waals surface area contributed by atoms with Gasteiger partial charge in [-0.05, 0) is 67.3 Å². The van der Waals surface area contributed by atoms with E-state index in [9.17, 15) is 18.0 Å². The number of benzene rings is 3. The molecule has 0 spiro atoms. The Morgan fingerprint density at radius 2 is 1.51 bits per heavy atom. The number of hydrogen-bond acceptors (Lipinski definition) is 5. The van der Waals surface area contributed by atoms with Crippen LogP contribution in [0.2, 0.25) is 0 Å². The standard InChI is InChI=1S/C30H37N3O5S/c1-22(2)19-31-30(35)24(4)32(20-25-12-10-9-11-23(25)3)29(34)21-33(26-13-7-6-8-14-26)39(36,37)28-17-15-27(38-5)16-18-28/h6-18,22,24H,19-21H2,1-5H3,(H,31,35)/t24-/m1/s1. The van der Waals surface area contributed by atoms with Crippen molar-refractivity contribution in [2.45, 2.75) is 45.2 Å². The summed E-state index contributed by atoms with van der Waals surface area (Å²) in [6, 6.07) is 21.3. The van der Waals surface area contributed by atoms with Gasteiger partial charge in [0.05, 0.1) is 17.7 Å². The number of ether oxygens (including phenoxy) is 1. The van der Waals surface area contributed by atoms with E-state index in [0.717, 1.165) is 15.4 Å². The van der Waals surface area contributed by atoms with Crippen molar-refractivity contribution in [3.63, 3.8) is 0 Å². The highest BCUT2D eigenvalue weighted by Crippen LogP contribution is 2.26. The second-order valence-corrected chi connectivity index (χ2v) is 11.6. The number of methoxy groups -OCH3 is 1. The maximum absolute atomic E-state index is 13.9. The van der Waals surface area contributed by atoms with E-state index in [1.54, 1.807) is 49.4 Å². The summed E-state index contributed by atoms with van der Waals surface area (Å²) in [6.07, 6.45) is 0. The quantitative estimate of drug-likeness (QED) is 0.360. The van der Waals surface area contributed by atoms with Crippen molar-refractivity contribution in [1.29, 1.82) is 0 Å². The molecule has 2 amide bonds. The first-order valence-electron chi connectivity index (χ1n) is 12.9. The van der Waals surface area contributed by atoms with Crippen molar-refractivity contribution in [3.05, 3.63) is 90.0 Å². The molecule has 0 aliphatic rings. The lowest BCUT2D eigenvalue weighted by Gasteiger charge is -2.32. The van der Waals surface area contributed by atoms with Crippen LogP contribution in [0.15, 0.2) is 83.8 Å². The first kappa shape index (κ1) is 29.7. The molecule has 0 aliphatic heterocycles. The molecular weight excluding hydrogens is 514 g/mol. The topological polar surface area (TPSA) is 96.0 Å². The molecule has 8 nitrogen and oxygen atoms in total. The summed E-state index contributed by atoms with van der Waals surface area (Å²) in [6.45, 7) is 7.73. The Hall–Kier alpha value is -3.85. The number of hydrogen-bond donors (Lipinski definition) is 1. The van der Waals surface area contributed by atoms with E-state index >= 15 is 0 Å². The van der Waals surface area contributed by atoms with Crippen LogP contribution in [-0.2, 0) is 26.2 Å². The molecular formula is C30H37N3O5S. The van der Waals surface area contributed by atoms with Gasteiger partial charge in [0, 0.05) is 13.1 Å². The van der Waals surface area contributed by atoms with Crippen molar-refractivity contribution >= 4 is 27.5 Å². The van der Waals surface area contributed by atoms with Gasteiger partial charge in [-0.15, -0.1) is 0 Å². The Balaban J connectivity index is 1.99. The van der Waals surface area contributed by atoms with Crippen molar-refractivity contribution in [3.8, 4) is 5.75 Å². The average molecular weight is 552 g/mol. The van der Waals surface area contributed by atoms with Crippen molar-refractivity contribution in [1.82, 2.24) is 10.2 Å². The zero-order chi connectivity index (χ0) is 28.6.